The Bertz CT molecular complexity index is 1150. The Morgan fingerprint density at radius 2 is 1.94 bits per heavy atom. The van der Waals surface area contributed by atoms with Gasteiger partial charge in [-0.25, -0.2) is 4.98 Å². The molecular weight excluding hydrogens is 396 g/mol. The van der Waals surface area contributed by atoms with Gasteiger partial charge in [0.1, 0.15) is 5.82 Å². The van der Waals surface area contributed by atoms with Gasteiger partial charge in [0.15, 0.2) is 5.78 Å². The molecule has 0 spiro atoms. The van der Waals surface area contributed by atoms with Gasteiger partial charge in [0, 0.05) is 53.2 Å². The third kappa shape index (κ3) is 3.96. The van der Waals surface area contributed by atoms with E-state index in [1.165, 1.54) is 12.1 Å². The van der Waals surface area contributed by atoms with Gasteiger partial charge < -0.3 is 10.6 Å². The molecule has 158 valence electrons. The highest BCUT2D eigenvalue weighted by Gasteiger charge is 2.38. The molecule has 0 radical (unpaired) electrons. The lowest BCUT2D eigenvalue weighted by Gasteiger charge is -2.34. The summed E-state index contributed by atoms with van der Waals surface area (Å²) in [6.07, 6.45) is 3.50. The number of carbonyl (C=O) groups excluding carboxylic acids is 2. The number of benzene rings is 1. The SMILES string of the molecule is CC1=C(C(=O)Nc2cc(C)ccn2)[C@H](c2ccc([N+](=O)[O-])cc2)C2=C(CCCC2=O)N1. The van der Waals surface area contributed by atoms with Gasteiger partial charge >= 0.3 is 0 Å². The molecule has 0 unspecified atom stereocenters. The number of dihydropyridines is 1. The average molecular weight is 418 g/mol. The summed E-state index contributed by atoms with van der Waals surface area (Å²) in [5.41, 5.74) is 4.02. The van der Waals surface area contributed by atoms with Crippen LogP contribution in [0.15, 0.2) is 65.1 Å². The third-order valence-corrected chi connectivity index (χ3v) is 5.61. The monoisotopic (exact) mass is 418 g/mol. The van der Waals surface area contributed by atoms with Crippen molar-refractivity contribution in [3.8, 4) is 0 Å². The zero-order valence-corrected chi connectivity index (χ0v) is 17.3. The number of nitro benzene ring substituents is 1. The Balaban J connectivity index is 1.78. The summed E-state index contributed by atoms with van der Waals surface area (Å²) in [4.78, 5) is 41.0. The predicted octanol–water partition coefficient (Wildman–Crippen LogP) is 3.90. The van der Waals surface area contributed by atoms with Crippen LogP contribution in [0.5, 0.6) is 0 Å². The molecule has 2 heterocycles. The van der Waals surface area contributed by atoms with Crippen LogP contribution in [0.4, 0.5) is 11.5 Å². The Morgan fingerprint density at radius 1 is 1.19 bits per heavy atom. The van der Waals surface area contributed by atoms with Gasteiger partial charge in [-0.15, -0.1) is 0 Å². The maximum absolute atomic E-state index is 13.3. The standard InChI is InChI=1S/C23H22N4O4/c1-13-10-11-24-19(12-13)26-23(29)20-14(2)25-17-4-3-5-18(28)22(17)21(20)15-6-8-16(9-7-15)27(30)31/h6-12,21,25H,3-5H2,1-2H3,(H,24,26,29)/t21-/m0/s1. The van der Waals surface area contributed by atoms with Crippen molar-refractivity contribution in [3.05, 3.63) is 86.4 Å². The number of nitro groups is 1. The van der Waals surface area contributed by atoms with Gasteiger partial charge in [0.05, 0.1) is 4.92 Å². The first-order valence-electron chi connectivity index (χ1n) is 10.1. The summed E-state index contributed by atoms with van der Waals surface area (Å²) >= 11 is 0. The zero-order valence-electron chi connectivity index (χ0n) is 17.3. The van der Waals surface area contributed by atoms with Crippen molar-refractivity contribution >= 4 is 23.2 Å². The van der Waals surface area contributed by atoms with E-state index in [1.807, 2.05) is 13.0 Å². The van der Waals surface area contributed by atoms with E-state index in [0.29, 0.717) is 34.6 Å². The van der Waals surface area contributed by atoms with E-state index in [0.717, 1.165) is 24.1 Å². The zero-order chi connectivity index (χ0) is 22.1. The number of hydrogen-bond acceptors (Lipinski definition) is 6. The minimum absolute atomic E-state index is 0.0106. The Hall–Kier alpha value is -3.81. The first kappa shape index (κ1) is 20.5. The number of pyridine rings is 1. The lowest BCUT2D eigenvalue weighted by atomic mass is 9.75. The van der Waals surface area contributed by atoms with Crippen LogP contribution >= 0.6 is 0 Å². The summed E-state index contributed by atoms with van der Waals surface area (Å²) in [7, 11) is 0. The molecule has 1 aromatic carbocycles. The number of hydrogen-bond donors (Lipinski definition) is 2. The normalized spacial score (nSPS) is 18.4. The highest BCUT2D eigenvalue weighted by molar-refractivity contribution is 6.09. The second kappa shape index (κ2) is 8.14. The summed E-state index contributed by atoms with van der Waals surface area (Å²) in [5, 5.41) is 17.2. The third-order valence-electron chi connectivity index (χ3n) is 5.61. The summed E-state index contributed by atoms with van der Waals surface area (Å²) < 4.78 is 0. The lowest BCUT2D eigenvalue weighted by Crippen LogP contribution is -2.35. The van der Waals surface area contributed by atoms with E-state index in [9.17, 15) is 19.7 Å². The van der Waals surface area contributed by atoms with Crippen LogP contribution in [0.3, 0.4) is 0 Å². The van der Waals surface area contributed by atoms with Crippen LogP contribution in [-0.4, -0.2) is 21.6 Å². The Kier molecular flexibility index (Phi) is 5.37. The minimum atomic E-state index is -0.602. The molecule has 1 amide bonds. The number of Topliss-reactive ketones (excluding diaryl/α,β-unsaturated/α-hetero) is 1. The molecule has 8 heteroatoms. The summed E-state index contributed by atoms with van der Waals surface area (Å²) in [5.74, 6) is -0.558. The molecule has 0 saturated carbocycles. The summed E-state index contributed by atoms with van der Waals surface area (Å²) in [6, 6.07) is 9.63. The smallest absolute Gasteiger partial charge is 0.269 e. The quantitative estimate of drug-likeness (QED) is 0.575. The van der Waals surface area contributed by atoms with Crippen molar-refractivity contribution in [1.29, 1.82) is 0 Å². The molecule has 0 saturated heterocycles. The maximum atomic E-state index is 13.3. The van der Waals surface area contributed by atoms with Gasteiger partial charge in [-0.3, -0.25) is 19.7 Å². The fraction of sp³-hybridized carbons (Fsp3) is 0.261. The second-order valence-corrected chi connectivity index (χ2v) is 7.79. The molecule has 1 aliphatic heterocycles. The van der Waals surface area contributed by atoms with Crippen molar-refractivity contribution in [3.63, 3.8) is 0 Å². The predicted molar refractivity (Wildman–Crippen MR) is 115 cm³/mol. The van der Waals surface area contributed by atoms with Crippen LogP contribution in [0.1, 0.15) is 43.2 Å². The number of anilines is 1. The van der Waals surface area contributed by atoms with Crippen LogP contribution in [-0.2, 0) is 9.59 Å². The number of amides is 1. The Morgan fingerprint density at radius 3 is 2.61 bits per heavy atom. The van der Waals surface area contributed by atoms with E-state index in [2.05, 4.69) is 15.6 Å². The van der Waals surface area contributed by atoms with Gasteiger partial charge in [0.25, 0.3) is 11.6 Å². The number of carbonyl (C=O) groups is 2. The first-order chi connectivity index (χ1) is 14.8. The molecule has 0 bridgehead atoms. The number of nitrogens with zero attached hydrogens (tertiary/aromatic N) is 2. The molecule has 0 fully saturated rings. The van der Waals surface area contributed by atoms with Gasteiger partial charge in [-0.05, 0) is 49.9 Å². The van der Waals surface area contributed by atoms with Crippen molar-refractivity contribution in [2.45, 2.75) is 39.0 Å². The van der Waals surface area contributed by atoms with E-state index in [1.54, 1.807) is 31.3 Å². The molecule has 8 nitrogen and oxygen atoms in total. The molecule has 2 aromatic rings. The Labute approximate surface area is 179 Å². The number of non-ortho nitro benzene ring substituents is 1. The first-order valence-corrected chi connectivity index (χ1v) is 10.1. The number of allylic oxidation sites excluding steroid dienone is 3. The highest BCUT2D eigenvalue weighted by Crippen LogP contribution is 2.42. The highest BCUT2D eigenvalue weighted by atomic mass is 16.6. The van der Waals surface area contributed by atoms with Crippen LogP contribution in [0.25, 0.3) is 0 Å². The maximum Gasteiger partial charge on any atom is 0.269 e. The minimum Gasteiger partial charge on any atom is -0.362 e. The molecule has 2 N–H and O–H groups in total. The van der Waals surface area contributed by atoms with Crippen molar-refractivity contribution in [2.75, 3.05) is 5.32 Å². The molecule has 2 aliphatic rings. The van der Waals surface area contributed by atoms with Crippen molar-refractivity contribution < 1.29 is 14.5 Å². The lowest BCUT2D eigenvalue weighted by molar-refractivity contribution is -0.384. The number of aromatic nitrogens is 1. The largest absolute Gasteiger partial charge is 0.362 e. The fourth-order valence-electron chi connectivity index (χ4n) is 4.19. The van der Waals surface area contributed by atoms with Gasteiger partial charge in [0.2, 0.25) is 0 Å². The van der Waals surface area contributed by atoms with Crippen LogP contribution < -0.4 is 10.6 Å². The fourth-order valence-corrected chi connectivity index (χ4v) is 4.19. The molecular formula is C23H22N4O4. The molecule has 4 rings (SSSR count). The van der Waals surface area contributed by atoms with E-state index in [4.69, 9.17) is 0 Å². The number of rotatable bonds is 4. The number of nitrogens with one attached hydrogen (secondary N) is 2. The van der Waals surface area contributed by atoms with Gasteiger partial charge in [-0.1, -0.05) is 12.1 Å². The second-order valence-electron chi connectivity index (χ2n) is 7.79. The van der Waals surface area contributed by atoms with E-state index in [-0.39, 0.29) is 17.4 Å². The van der Waals surface area contributed by atoms with Crippen LogP contribution in [0.2, 0.25) is 0 Å². The summed E-state index contributed by atoms with van der Waals surface area (Å²) in [6.45, 7) is 3.71. The van der Waals surface area contributed by atoms with E-state index < -0.39 is 10.8 Å². The van der Waals surface area contributed by atoms with E-state index >= 15 is 0 Å². The number of ketones is 1. The van der Waals surface area contributed by atoms with Crippen LogP contribution in [0, 0.1) is 17.0 Å². The molecule has 1 atom stereocenters. The number of aryl methyl sites for hydroxylation is 1. The molecule has 31 heavy (non-hydrogen) atoms. The van der Waals surface area contributed by atoms with Crippen molar-refractivity contribution in [2.24, 2.45) is 0 Å². The van der Waals surface area contributed by atoms with Gasteiger partial charge in [-0.2, -0.15) is 0 Å². The van der Waals surface area contributed by atoms with Crippen molar-refractivity contribution in [1.82, 2.24) is 10.3 Å². The molecule has 1 aromatic heterocycles. The molecule has 1 aliphatic carbocycles. The average Bonchev–Trinajstić information content (AvgIpc) is 2.73. The topological polar surface area (TPSA) is 114 Å².